The highest BCUT2D eigenvalue weighted by Gasteiger charge is 2.34. The monoisotopic (exact) mass is 334 g/mol. The van der Waals surface area contributed by atoms with Crippen molar-refractivity contribution < 1.29 is 17.6 Å². The highest BCUT2D eigenvalue weighted by molar-refractivity contribution is 9.09. The quantitative estimate of drug-likeness (QED) is 0.770. The summed E-state index contributed by atoms with van der Waals surface area (Å²) < 4.78 is 43.9. The van der Waals surface area contributed by atoms with Gasteiger partial charge in [0.2, 0.25) is 11.8 Å². The molecule has 0 saturated heterocycles. The second-order valence-electron chi connectivity index (χ2n) is 3.86. The van der Waals surface area contributed by atoms with Crippen LogP contribution < -0.4 is 0 Å². The molecule has 0 N–H and O–H groups in total. The van der Waals surface area contributed by atoms with E-state index in [2.05, 4.69) is 26.1 Å². The first-order valence-electron chi connectivity index (χ1n) is 5.57. The van der Waals surface area contributed by atoms with Gasteiger partial charge in [-0.15, -0.1) is 10.2 Å². The van der Waals surface area contributed by atoms with Crippen LogP contribution >= 0.6 is 15.9 Å². The van der Waals surface area contributed by atoms with Gasteiger partial charge in [0.15, 0.2) is 0 Å². The van der Waals surface area contributed by atoms with Crippen molar-refractivity contribution in [1.29, 1.82) is 0 Å². The molecule has 1 aromatic heterocycles. The van der Waals surface area contributed by atoms with Gasteiger partial charge in [-0.2, -0.15) is 13.2 Å². The number of benzene rings is 1. The third-order valence-corrected chi connectivity index (χ3v) is 3.57. The molecule has 7 heteroatoms. The molecular formula is C12H10BrF3N2O. The Kier molecular flexibility index (Phi) is 3.93. The van der Waals surface area contributed by atoms with E-state index < -0.39 is 11.7 Å². The topological polar surface area (TPSA) is 38.9 Å². The van der Waals surface area contributed by atoms with E-state index in [0.717, 1.165) is 6.07 Å². The summed E-state index contributed by atoms with van der Waals surface area (Å²) in [6.45, 7) is 1.90. The Hall–Kier alpha value is -1.37. The summed E-state index contributed by atoms with van der Waals surface area (Å²) in [5.41, 5.74) is -0.891. The average Bonchev–Trinajstić information content (AvgIpc) is 2.86. The maximum absolute atomic E-state index is 12.9. The van der Waals surface area contributed by atoms with Gasteiger partial charge >= 0.3 is 6.18 Å². The fraction of sp³-hybridized carbons (Fsp3) is 0.333. The van der Waals surface area contributed by atoms with E-state index in [1.165, 1.54) is 18.2 Å². The Bertz CT molecular complexity index is 568. The zero-order valence-corrected chi connectivity index (χ0v) is 11.5. The van der Waals surface area contributed by atoms with E-state index in [9.17, 15) is 13.2 Å². The lowest BCUT2D eigenvalue weighted by molar-refractivity contribution is -0.137. The van der Waals surface area contributed by atoms with Gasteiger partial charge in [0.05, 0.1) is 16.0 Å². The van der Waals surface area contributed by atoms with E-state index in [-0.39, 0.29) is 22.2 Å². The number of hydrogen-bond acceptors (Lipinski definition) is 3. The molecule has 1 atom stereocenters. The van der Waals surface area contributed by atoms with Crippen LogP contribution in [0, 0.1) is 0 Å². The second-order valence-corrected chi connectivity index (χ2v) is 4.97. The lowest BCUT2D eigenvalue weighted by atomic mass is 10.1. The predicted octanol–water partition coefficient (Wildman–Crippen LogP) is 4.60. The van der Waals surface area contributed by atoms with Crippen molar-refractivity contribution in [3.8, 4) is 11.5 Å². The maximum Gasteiger partial charge on any atom is 0.417 e. The van der Waals surface area contributed by atoms with Crippen LogP contribution in [0.3, 0.4) is 0 Å². The van der Waals surface area contributed by atoms with E-state index >= 15 is 0 Å². The average molecular weight is 335 g/mol. The van der Waals surface area contributed by atoms with E-state index in [4.69, 9.17) is 4.42 Å². The van der Waals surface area contributed by atoms with Crippen LogP contribution in [0.5, 0.6) is 0 Å². The Morgan fingerprint density at radius 3 is 2.58 bits per heavy atom. The van der Waals surface area contributed by atoms with Crippen LogP contribution in [0.15, 0.2) is 28.7 Å². The fourth-order valence-corrected chi connectivity index (χ4v) is 1.75. The molecule has 1 heterocycles. The maximum atomic E-state index is 12.9. The molecule has 1 unspecified atom stereocenters. The van der Waals surface area contributed by atoms with E-state index in [0.29, 0.717) is 6.42 Å². The lowest BCUT2D eigenvalue weighted by Gasteiger charge is -2.09. The summed E-state index contributed by atoms with van der Waals surface area (Å²) in [6.07, 6.45) is -3.76. The first kappa shape index (κ1) is 14.0. The highest BCUT2D eigenvalue weighted by atomic mass is 79.9. The highest BCUT2D eigenvalue weighted by Crippen LogP contribution is 2.37. The largest absolute Gasteiger partial charge is 0.419 e. The minimum absolute atomic E-state index is 0.107. The van der Waals surface area contributed by atoms with Gasteiger partial charge in [-0.05, 0) is 18.6 Å². The van der Waals surface area contributed by atoms with Gasteiger partial charge in [0, 0.05) is 0 Å². The van der Waals surface area contributed by atoms with Crippen molar-refractivity contribution in [2.24, 2.45) is 0 Å². The number of aromatic nitrogens is 2. The Balaban J connectivity index is 2.45. The van der Waals surface area contributed by atoms with Crippen molar-refractivity contribution in [2.75, 3.05) is 0 Å². The molecule has 102 valence electrons. The first-order valence-corrected chi connectivity index (χ1v) is 6.49. The molecule has 0 spiro atoms. The van der Waals surface area contributed by atoms with Crippen molar-refractivity contribution in [2.45, 2.75) is 24.3 Å². The van der Waals surface area contributed by atoms with Crippen LogP contribution in [0.1, 0.15) is 29.6 Å². The van der Waals surface area contributed by atoms with Crippen molar-refractivity contribution >= 4 is 15.9 Å². The Morgan fingerprint density at radius 1 is 1.26 bits per heavy atom. The second kappa shape index (κ2) is 5.32. The number of alkyl halides is 4. The number of rotatable bonds is 3. The minimum atomic E-state index is -4.45. The molecule has 1 aromatic carbocycles. The molecule has 19 heavy (non-hydrogen) atoms. The normalized spacial score (nSPS) is 13.5. The summed E-state index contributed by atoms with van der Waals surface area (Å²) in [6, 6.07) is 5.13. The Morgan fingerprint density at radius 2 is 1.95 bits per heavy atom. The van der Waals surface area contributed by atoms with E-state index in [1.54, 1.807) is 0 Å². The molecule has 0 amide bonds. The Labute approximate surface area is 116 Å². The van der Waals surface area contributed by atoms with Gasteiger partial charge < -0.3 is 4.42 Å². The smallest absolute Gasteiger partial charge is 0.417 e. The van der Waals surface area contributed by atoms with E-state index in [1.807, 2.05) is 6.92 Å². The van der Waals surface area contributed by atoms with Crippen LogP contribution in [-0.2, 0) is 6.18 Å². The van der Waals surface area contributed by atoms with Crippen LogP contribution in [0.2, 0.25) is 0 Å². The summed E-state index contributed by atoms with van der Waals surface area (Å²) in [4.78, 5) is -0.160. The van der Waals surface area contributed by atoms with Crippen LogP contribution in [-0.4, -0.2) is 10.2 Å². The zero-order valence-electron chi connectivity index (χ0n) is 9.91. The summed E-state index contributed by atoms with van der Waals surface area (Å²) in [5.74, 6) is 0.148. The molecule has 0 bridgehead atoms. The minimum Gasteiger partial charge on any atom is -0.419 e. The fourth-order valence-electron chi connectivity index (χ4n) is 1.56. The lowest BCUT2D eigenvalue weighted by Crippen LogP contribution is -2.06. The molecule has 2 rings (SSSR count). The van der Waals surface area contributed by atoms with Crippen molar-refractivity contribution in [1.82, 2.24) is 10.2 Å². The summed E-state index contributed by atoms with van der Waals surface area (Å²) >= 11 is 3.31. The predicted molar refractivity (Wildman–Crippen MR) is 66.7 cm³/mol. The molecule has 0 fully saturated rings. The first-order chi connectivity index (χ1) is 8.93. The molecule has 0 aliphatic rings. The van der Waals surface area contributed by atoms with Crippen LogP contribution in [0.4, 0.5) is 13.2 Å². The number of hydrogen-bond donors (Lipinski definition) is 0. The third kappa shape index (κ3) is 2.97. The number of nitrogens with zero attached hydrogens (tertiary/aromatic N) is 2. The van der Waals surface area contributed by atoms with Gasteiger partial charge in [-0.25, -0.2) is 0 Å². The van der Waals surface area contributed by atoms with Crippen molar-refractivity contribution in [3.05, 3.63) is 35.7 Å². The van der Waals surface area contributed by atoms with Crippen molar-refractivity contribution in [3.63, 3.8) is 0 Å². The molecule has 3 nitrogen and oxygen atoms in total. The summed E-state index contributed by atoms with van der Waals surface area (Å²) in [7, 11) is 0. The molecule has 2 aromatic rings. The molecular weight excluding hydrogens is 325 g/mol. The number of halogens is 4. The molecule has 0 aliphatic carbocycles. The van der Waals surface area contributed by atoms with Crippen LogP contribution in [0.25, 0.3) is 11.5 Å². The van der Waals surface area contributed by atoms with Gasteiger partial charge in [0.25, 0.3) is 0 Å². The third-order valence-electron chi connectivity index (χ3n) is 2.53. The zero-order chi connectivity index (χ0) is 14.0. The van der Waals surface area contributed by atoms with Gasteiger partial charge in [0.1, 0.15) is 0 Å². The van der Waals surface area contributed by atoms with Gasteiger partial charge in [-0.3, -0.25) is 0 Å². The molecule has 0 saturated carbocycles. The summed E-state index contributed by atoms with van der Waals surface area (Å²) in [5, 5.41) is 7.44. The molecule has 0 aliphatic heterocycles. The standard InChI is InChI=1S/C12H10BrF3N2O/c1-2-9(13)11-18-17-10(19-11)7-5-3-4-6-8(7)12(14,15)16/h3-6,9H,2H2,1H3. The molecule has 0 radical (unpaired) electrons. The van der Waals surface area contributed by atoms with Gasteiger partial charge in [-0.1, -0.05) is 35.0 Å². The SMILES string of the molecule is CCC(Br)c1nnc(-c2ccccc2C(F)(F)F)o1.